The van der Waals surface area contributed by atoms with Gasteiger partial charge in [-0.15, -0.1) is 0 Å². The van der Waals surface area contributed by atoms with E-state index in [9.17, 15) is 8.42 Å². The Balaban J connectivity index is 2.40. The third kappa shape index (κ3) is 3.19. The molecule has 0 atom stereocenters. The zero-order valence-corrected chi connectivity index (χ0v) is 13.1. The van der Waals surface area contributed by atoms with Crippen molar-refractivity contribution in [1.29, 1.82) is 0 Å². The summed E-state index contributed by atoms with van der Waals surface area (Å²) in [7, 11) is -2.11. The predicted molar refractivity (Wildman–Crippen MR) is 83.0 cm³/mol. The summed E-state index contributed by atoms with van der Waals surface area (Å²) in [4.78, 5) is 0.251. The number of para-hydroxylation sites is 2. The van der Waals surface area contributed by atoms with E-state index in [2.05, 4.69) is 4.72 Å². The molecule has 0 aromatic heterocycles. The molecule has 0 spiro atoms. The third-order valence-corrected chi connectivity index (χ3v) is 5.21. The maximum absolute atomic E-state index is 12.3. The number of anilines is 1. The summed E-state index contributed by atoms with van der Waals surface area (Å²) in [6.45, 7) is 0. The smallest absolute Gasteiger partial charge is 0.263 e. The standard InChI is InChI=1S/C13H12INO3S/c1-18-12-8-4-3-7-11(12)15-19(16,17)13-9-5-2-6-10(13)14/h2-9,15H,1H3. The molecule has 0 saturated carbocycles. The highest BCUT2D eigenvalue weighted by Gasteiger charge is 2.18. The molecular formula is C13H12INO3S. The first-order valence-electron chi connectivity index (χ1n) is 5.45. The minimum Gasteiger partial charge on any atom is -0.495 e. The third-order valence-electron chi connectivity index (χ3n) is 2.48. The molecule has 0 aliphatic carbocycles. The largest absolute Gasteiger partial charge is 0.495 e. The normalized spacial score (nSPS) is 11.1. The molecule has 4 nitrogen and oxygen atoms in total. The molecule has 0 aliphatic heterocycles. The lowest BCUT2D eigenvalue weighted by Gasteiger charge is -2.12. The summed E-state index contributed by atoms with van der Waals surface area (Å²) < 4.78 is 33.0. The van der Waals surface area contributed by atoms with Gasteiger partial charge in [-0.2, -0.15) is 0 Å². The fourth-order valence-electron chi connectivity index (χ4n) is 1.59. The van der Waals surface area contributed by atoms with Gasteiger partial charge >= 0.3 is 0 Å². The van der Waals surface area contributed by atoms with Gasteiger partial charge in [-0.05, 0) is 46.9 Å². The number of ether oxygens (including phenoxy) is 1. The minimum atomic E-state index is -3.61. The number of nitrogens with one attached hydrogen (secondary N) is 1. The van der Waals surface area contributed by atoms with Crippen LogP contribution in [0.4, 0.5) is 5.69 Å². The highest BCUT2D eigenvalue weighted by atomic mass is 127. The average Bonchev–Trinajstić information content (AvgIpc) is 2.39. The van der Waals surface area contributed by atoms with Crippen LogP contribution in [0.3, 0.4) is 0 Å². The number of benzene rings is 2. The molecular weight excluding hydrogens is 377 g/mol. The van der Waals surface area contributed by atoms with Crippen LogP contribution >= 0.6 is 22.6 Å². The van der Waals surface area contributed by atoms with Gasteiger partial charge in [0, 0.05) is 3.57 Å². The SMILES string of the molecule is COc1ccccc1NS(=O)(=O)c1ccccc1I. The number of hydrogen-bond donors (Lipinski definition) is 1. The van der Waals surface area contributed by atoms with Crippen LogP contribution in [0.1, 0.15) is 0 Å². The molecule has 0 amide bonds. The van der Waals surface area contributed by atoms with Gasteiger partial charge in [-0.3, -0.25) is 4.72 Å². The van der Waals surface area contributed by atoms with E-state index >= 15 is 0 Å². The summed E-state index contributed by atoms with van der Waals surface area (Å²) in [5, 5.41) is 0. The van der Waals surface area contributed by atoms with Crippen LogP contribution in [0, 0.1) is 3.57 Å². The number of sulfonamides is 1. The second-order valence-electron chi connectivity index (χ2n) is 3.74. The predicted octanol–water partition coefficient (Wildman–Crippen LogP) is 3.10. The molecule has 100 valence electrons. The molecule has 0 aliphatic rings. The van der Waals surface area contributed by atoms with Crippen molar-refractivity contribution < 1.29 is 13.2 Å². The second kappa shape index (κ2) is 5.79. The molecule has 2 rings (SSSR count). The molecule has 1 N–H and O–H groups in total. The molecule has 0 heterocycles. The summed E-state index contributed by atoms with van der Waals surface area (Å²) in [6, 6.07) is 13.7. The monoisotopic (exact) mass is 389 g/mol. The fourth-order valence-corrected chi connectivity index (χ4v) is 4.00. The molecule has 0 bridgehead atoms. The number of hydrogen-bond acceptors (Lipinski definition) is 3. The Bertz CT molecular complexity index is 686. The number of halogens is 1. The van der Waals surface area contributed by atoms with Crippen molar-refractivity contribution in [3.63, 3.8) is 0 Å². The molecule has 0 unspecified atom stereocenters. The minimum absolute atomic E-state index is 0.251. The van der Waals surface area contributed by atoms with Gasteiger partial charge < -0.3 is 4.74 Å². The molecule has 19 heavy (non-hydrogen) atoms. The van der Waals surface area contributed by atoms with E-state index in [4.69, 9.17) is 4.74 Å². The van der Waals surface area contributed by atoms with Crippen LogP contribution in [-0.2, 0) is 10.0 Å². The lowest BCUT2D eigenvalue weighted by Crippen LogP contribution is -2.14. The van der Waals surface area contributed by atoms with Crippen molar-refractivity contribution in [1.82, 2.24) is 0 Å². The van der Waals surface area contributed by atoms with Crippen molar-refractivity contribution in [3.05, 3.63) is 52.1 Å². The lowest BCUT2D eigenvalue weighted by atomic mass is 10.3. The van der Waals surface area contributed by atoms with Gasteiger partial charge in [0.25, 0.3) is 10.0 Å². The zero-order valence-electron chi connectivity index (χ0n) is 10.1. The Kier molecular flexibility index (Phi) is 4.31. The first-order chi connectivity index (χ1) is 9.04. The van der Waals surface area contributed by atoms with Gasteiger partial charge in [-0.1, -0.05) is 24.3 Å². The molecule has 0 saturated heterocycles. The van der Waals surface area contributed by atoms with Crippen LogP contribution in [-0.4, -0.2) is 15.5 Å². The quantitative estimate of drug-likeness (QED) is 0.818. The molecule has 0 fully saturated rings. The summed E-state index contributed by atoms with van der Waals surface area (Å²) >= 11 is 2.00. The highest BCUT2D eigenvalue weighted by molar-refractivity contribution is 14.1. The Morgan fingerprint density at radius 1 is 1.05 bits per heavy atom. The first-order valence-corrected chi connectivity index (χ1v) is 8.01. The Hall–Kier alpha value is -1.28. The lowest BCUT2D eigenvalue weighted by molar-refractivity contribution is 0.417. The van der Waals surface area contributed by atoms with E-state index in [1.807, 2.05) is 22.6 Å². The van der Waals surface area contributed by atoms with Crippen molar-refractivity contribution in [2.75, 3.05) is 11.8 Å². The van der Waals surface area contributed by atoms with Crippen molar-refractivity contribution in [3.8, 4) is 5.75 Å². The number of rotatable bonds is 4. The fraction of sp³-hybridized carbons (Fsp3) is 0.0769. The van der Waals surface area contributed by atoms with E-state index < -0.39 is 10.0 Å². The Labute approximate surface area is 126 Å². The highest BCUT2D eigenvalue weighted by Crippen LogP contribution is 2.27. The Morgan fingerprint density at radius 2 is 1.68 bits per heavy atom. The molecule has 2 aromatic carbocycles. The van der Waals surface area contributed by atoms with E-state index in [0.29, 0.717) is 15.0 Å². The summed E-state index contributed by atoms with van der Waals surface area (Å²) in [5.41, 5.74) is 0.421. The Morgan fingerprint density at radius 3 is 2.37 bits per heavy atom. The molecule has 0 radical (unpaired) electrons. The van der Waals surface area contributed by atoms with E-state index in [0.717, 1.165) is 0 Å². The topological polar surface area (TPSA) is 55.4 Å². The van der Waals surface area contributed by atoms with Gasteiger partial charge in [-0.25, -0.2) is 8.42 Å². The summed E-state index contributed by atoms with van der Waals surface area (Å²) in [6.07, 6.45) is 0. The summed E-state index contributed by atoms with van der Waals surface area (Å²) in [5.74, 6) is 0.483. The maximum Gasteiger partial charge on any atom is 0.263 e. The van der Waals surface area contributed by atoms with Gasteiger partial charge in [0.2, 0.25) is 0 Å². The van der Waals surface area contributed by atoms with Crippen LogP contribution in [0.2, 0.25) is 0 Å². The van der Waals surface area contributed by atoms with Gasteiger partial charge in [0.15, 0.2) is 0 Å². The van der Waals surface area contributed by atoms with E-state index in [1.54, 1.807) is 48.5 Å². The van der Waals surface area contributed by atoms with Crippen LogP contribution < -0.4 is 9.46 Å². The number of methoxy groups -OCH3 is 1. The maximum atomic E-state index is 12.3. The van der Waals surface area contributed by atoms with Crippen molar-refractivity contribution in [2.45, 2.75) is 4.90 Å². The zero-order chi connectivity index (χ0) is 13.9. The van der Waals surface area contributed by atoms with Gasteiger partial charge in [0.05, 0.1) is 12.8 Å². The molecule has 6 heteroatoms. The average molecular weight is 389 g/mol. The van der Waals surface area contributed by atoms with Crippen LogP contribution in [0.25, 0.3) is 0 Å². The second-order valence-corrected chi connectivity index (χ2v) is 6.55. The van der Waals surface area contributed by atoms with Gasteiger partial charge in [0.1, 0.15) is 10.6 Å². The van der Waals surface area contributed by atoms with E-state index in [1.165, 1.54) is 7.11 Å². The van der Waals surface area contributed by atoms with Crippen molar-refractivity contribution in [2.24, 2.45) is 0 Å². The van der Waals surface area contributed by atoms with E-state index in [-0.39, 0.29) is 4.90 Å². The molecule has 2 aromatic rings. The van der Waals surface area contributed by atoms with Crippen molar-refractivity contribution >= 4 is 38.3 Å². The first kappa shape index (κ1) is 14.1. The van der Waals surface area contributed by atoms with Crippen LogP contribution in [0.5, 0.6) is 5.75 Å². The van der Waals surface area contributed by atoms with Crippen LogP contribution in [0.15, 0.2) is 53.4 Å².